The van der Waals surface area contributed by atoms with Crippen LogP contribution in [0.2, 0.25) is 10.2 Å². The minimum atomic E-state index is -4.08. The minimum absolute atomic E-state index is 0.0313. The molecule has 0 unspecified atom stereocenters. The lowest BCUT2D eigenvalue weighted by atomic mass is 10.2. The van der Waals surface area contributed by atoms with Crippen molar-refractivity contribution in [1.29, 1.82) is 5.26 Å². The Bertz CT molecular complexity index is 1330. The molecular formula is C14H8Cl2N8O2S2. The molecule has 0 radical (unpaired) electrons. The van der Waals surface area contributed by atoms with Gasteiger partial charge in [0.1, 0.15) is 11.2 Å². The number of nitrogen functional groups attached to an aromatic ring is 1. The second kappa shape index (κ2) is 6.64. The van der Waals surface area contributed by atoms with E-state index in [1.165, 1.54) is 28.9 Å². The fraction of sp³-hybridized carbons (Fsp3) is 0. The highest BCUT2D eigenvalue weighted by Crippen LogP contribution is 2.27. The van der Waals surface area contributed by atoms with Crippen molar-refractivity contribution in [3.05, 3.63) is 46.3 Å². The molecule has 0 aliphatic heterocycles. The number of aromatic nitrogens is 5. The van der Waals surface area contributed by atoms with Crippen molar-refractivity contribution in [2.75, 3.05) is 11.1 Å². The summed E-state index contributed by atoms with van der Waals surface area (Å²) in [6.45, 7) is 0. The number of rotatable bonds is 4. The Morgan fingerprint density at radius 2 is 2.04 bits per heavy atom. The van der Waals surface area contributed by atoms with E-state index >= 15 is 0 Å². The van der Waals surface area contributed by atoms with Gasteiger partial charge in [0, 0.05) is 18.1 Å². The molecule has 0 amide bonds. The van der Waals surface area contributed by atoms with Gasteiger partial charge in [0.15, 0.2) is 9.17 Å². The third kappa shape index (κ3) is 3.14. The van der Waals surface area contributed by atoms with Crippen molar-refractivity contribution in [3.8, 4) is 6.07 Å². The summed E-state index contributed by atoms with van der Waals surface area (Å²) in [5.74, 6) is -0.377. The van der Waals surface area contributed by atoms with Crippen molar-refractivity contribution >= 4 is 67.1 Å². The molecule has 0 atom stereocenters. The molecule has 4 aromatic rings. The van der Waals surface area contributed by atoms with Crippen LogP contribution in [0.3, 0.4) is 0 Å². The first-order valence-corrected chi connectivity index (χ1v) is 10.4. The number of thiazole rings is 1. The maximum Gasteiger partial charge on any atom is 0.297 e. The largest absolute Gasteiger partial charge is 0.367 e. The van der Waals surface area contributed by atoms with Crippen LogP contribution in [-0.2, 0) is 10.0 Å². The number of nitriles is 1. The lowest BCUT2D eigenvalue weighted by Crippen LogP contribution is -2.16. The van der Waals surface area contributed by atoms with Gasteiger partial charge in [-0.3, -0.25) is 4.40 Å². The van der Waals surface area contributed by atoms with Crippen molar-refractivity contribution < 1.29 is 8.42 Å². The number of nitrogens with two attached hydrogens (primary N) is 1. The number of halogens is 2. The molecule has 0 fully saturated rings. The van der Waals surface area contributed by atoms with Crippen LogP contribution in [0.15, 0.2) is 34.8 Å². The zero-order valence-electron chi connectivity index (χ0n) is 13.5. The molecule has 0 aliphatic rings. The molecular weight excluding hydrogens is 447 g/mol. The highest BCUT2D eigenvalue weighted by atomic mass is 35.5. The molecule has 0 bridgehead atoms. The van der Waals surface area contributed by atoms with E-state index in [-0.39, 0.29) is 26.3 Å². The molecule has 28 heavy (non-hydrogen) atoms. The first-order chi connectivity index (χ1) is 13.3. The smallest absolute Gasteiger partial charge is 0.297 e. The summed E-state index contributed by atoms with van der Waals surface area (Å²) < 4.78 is 27.8. The molecule has 142 valence electrons. The summed E-state index contributed by atoms with van der Waals surface area (Å²) in [7, 11) is -4.08. The van der Waals surface area contributed by atoms with Crippen LogP contribution in [0.25, 0.3) is 4.96 Å². The van der Waals surface area contributed by atoms with Crippen molar-refractivity contribution in [2.45, 2.75) is 4.21 Å². The van der Waals surface area contributed by atoms with Crippen molar-refractivity contribution in [3.63, 3.8) is 0 Å². The van der Waals surface area contributed by atoms with E-state index in [2.05, 4.69) is 20.4 Å². The Kier molecular flexibility index (Phi) is 4.39. The Balaban J connectivity index is 1.67. The van der Waals surface area contributed by atoms with E-state index in [1.54, 1.807) is 6.07 Å². The maximum absolute atomic E-state index is 12.8. The van der Waals surface area contributed by atoms with Gasteiger partial charge in [-0.05, 0) is 18.2 Å². The molecule has 10 nitrogen and oxygen atoms in total. The minimum Gasteiger partial charge on any atom is -0.367 e. The van der Waals surface area contributed by atoms with Crippen molar-refractivity contribution in [1.82, 2.24) is 23.6 Å². The van der Waals surface area contributed by atoms with Gasteiger partial charge < -0.3 is 11.1 Å². The third-order valence-electron chi connectivity index (χ3n) is 3.53. The van der Waals surface area contributed by atoms with E-state index in [1.807, 2.05) is 6.07 Å². The molecule has 0 saturated heterocycles. The van der Waals surface area contributed by atoms with E-state index < -0.39 is 10.0 Å². The number of benzene rings is 1. The summed E-state index contributed by atoms with van der Waals surface area (Å²) in [5, 5.41) is 16.1. The molecule has 0 spiro atoms. The number of hydrogen-bond acceptors (Lipinski definition) is 9. The summed E-state index contributed by atoms with van der Waals surface area (Å²) >= 11 is 12.7. The number of imidazole rings is 1. The topological polar surface area (TPSA) is 144 Å². The van der Waals surface area contributed by atoms with Gasteiger partial charge >= 0.3 is 0 Å². The second-order valence-electron chi connectivity index (χ2n) is 5.38. The van der Waals surface area contributed by atoms with Gasteiger partial charge in [-0.15, -0.1) is 9.19 Å². The molecule has 3 aromatic heterocycles. The lowest BCUT2D eigenvalue weighted by Gasteiger charge is -2.03. The Hall–Kier alpha value is -2.85. The highest BCUT2D eigenvalue weighted by molar-refractivity contribution is 7.92. The second-order valence-corrected chi connectivity index (χ2v) is 9.17. The van der Waals surface area contributed by atoms with Crippen LogP contribution in [0.4, 0.5) is 17.6 Å². The SMILES string of the molecule is N#Cc1ccc(Nc2nc(N)n(S(=O)(=O)c3cn4cc(Cl)nc4s3)n2)cc1Cl. The van der Waals surface area contributed by atoms with E-state index in [0.717, 1.165) is 11.3 Å². The van der Waals surface area contributed by atoms with Gasteiger partial charge in [0.25, 0.3) is 10.0 Å². The number of nitrogens with one attached hydrogen (secondary N) is 1. The van der Waals surface area contributed by atoms with E-state index in [9.17, 15) is 8.42 Å². The van der Waals surface area contributed by atoms with Crippen LogP contribution < -0.4 is 11.1 Å². The summed E-state index contributed by atoms with van der Waals surface area (Å²) in [6, 6.07) is 6.52. The van der Waals surface area contributed by atoms with Gasteiger partial charge in [0.05, 0.1) is 10.6 Å². The summed E-state index contributed by atoms with van der Waals surface area (Å²) in [5.41, 5.74) is 6.51. The number of nitrogens with zero attached hydrogens (tertiary/aromatic N) is 6. The molecule has 0 aliphatic carbocycles. The van der Waals surface area contributed by atoms with Gasteiger partial charge in [-0.25, -0.2) is 4.98 Å². The Labute approximate surface area is 171 Å². The fourth-order valence-electron chi connectivity index (χ4n) is 2.30. The predicted octanol–water partition coefficient (Wildman–Crippen LogP) is 2.73. The van der Waals surface area contributed by atoms with Gasteiger partial charge in [-0.2, -0.15) is 18.7 Å². The van der Waals surface area contributed by atoms with Crippen molar-refractivity contribution in [2.24, 2.45) is 0 Å². The summed E-state index contributed by atoms with van der Waals surface area (Å²) in [4.78, 5) is 8.33. The maximum atomic E-state index is 12.8. The average Bonchev–Trinajstić information content (AvgIpc) is 3.28. The predicted molar refractivity (Wildman–Crippen MR) is 105 cm³/mol. The molecule has 14 heteroatoms. The monoisotopic (exact) mass is 454 g/mol. The zero-order chi connectivity index (χ0) is 20.1. The molecule has 0 saturated carbocycles. The summed E-state index contributed by atoms with van der Waals surface area (Å²) in [6.07, 6.45) is 2.85. The molecule has 3 N–H and O–H groups in total. The first kappa shape index (κ1) is 18.5. The highest BCUT2D eigenvalue weighted by Gasteiger charge is 2.26. The quantitative estimate of drug-likeness (QED) is 0.478. The Morgan fingerprint density at radius 1 is 1.25 bits per heavy atom. The number of anilines is 3. The van der Waals surface area contributed by atoms with Crippen LogP contribution in [0, 0.1) is 11.3 Å². The first-order valence-electron chi connectivity index (χ1n) is 7.37. The van der Waals surface area contributed by atoms with Crippen LogP contribution in [0.5, 0.6) is 0 Å². The number of fused-ring (bicyclic) bond motifs is 1. The molecule has 4 rings (SSSR count). The van der Waals surface area contributed by atoms with Crippen LogP contribution in [-0.4, -0.2) is 32.0 Å². The molecule has 3 heterocycles. The zero-order valence-corrected chi connectivity index (χ0v) is 16.7. The van der Waals surface area contributed by atoms with E-state index in [4.69, 9.17) is 34.2 Å². The van der Waals surface area contributed by atoms with Gasteiger partial charge in [-0.1, -0.05) is 34.5 Å². The van der Waals surface area contributed by atoms with Crippen LogP contribution >= 0.6 is 34.5 Å². The third-order valence-corrected chi connectivity index (χ3v) is 7.04. The average molecular weight is 455 g/mol. The normalized spacial score (nSPS) is 11.6. The van der Waals surface area contributed by atoms with E-state index in [0.29, 0.717) is 20.3 Å². The lowest BCUT2D eigenvalue weighted by molar-refractivity contribution is 0.583. The Morgan fingerprint density at radius 3 is 2.71 bits per heavy atom. The number of hydrogen-bond donors (Lipinski definition) is 2. The fourth-order valence-corrected chi connectivity index (χ4v) is 5.21. The molecule has 1 aromatic carbocycles. The van der Waals surface area contributed by atoms with Crippen LogP contribution in [0.1, 0.15) is 5.56 Å². The van der Waals surface area contributed by atoms with Gasteiger partial charge in [0.2, 0.25) is 11.9 Å². The standard InChI is InChI=1S/C14H8Cl2N8O2S2/c15-9-3-8(2-1-7(9)4-17)19-13-21-12(18)24(22-13)28(25,26)11-6-23-5-10(16)20-14(23)27-11/h1-3,5-6H,(H3,18,19,21,22).